The van der Waals surface area contributed by atoms with E-state index in [2.05, 4.69) is 15.6 Å². The predicted molar refractivity (Wildman–Crippen MR) is 67.1 cm³/mol. The molecule has 7 heteroatoms. The number of thiazole rings is 1. The minimum Gasteiger partial charge on any atom is -0.371 e. The maximum atomic E-state index is 11.2. The zero-order valence-corrected chi connectivity index (χ0v) is 10.9. The van der Waals surface area contributed by atoms with E-state index in [1.807, 2.05) is 0 Å². The molecule has 0 bridgehead atoms. The van der Waals surface area contributed by atoms with Gasteiger partial charge in [0.2, 0.25) is 5.91 Å². The van der Waals surface area contributed by atoms with Crippen LogP contribution < -0.4 is 10.6 Å². The van der Waals surface area contributed by atoms with Gasteiger partial charge in [0.05, 0.1) is 0 Å². The summed E-state index contributed by atoms with van der Waals surface area (Å²) in [7, 11) is 1.72. The van der Waals surface area contributed by atoms with Gasteiger partial charge in [0.1, 0.15) is 5.00 Å². The standard InChI is InChI=1S/C9H13N3O2S2/c1-4-6(14)11-8-7(10-3)12-9(16-8)15-5(2)13/h10H,4H2,1-3H3,(H,11,14). The van der Waals surface area contributed by atoms with Crippen molar-refractivity contribution in [3.05, 3.63) is 0 Å². The lowest BCUT2D eigenvalue weighted by atomic mass is 10.4. The Labute approximate surface area is 102 Å². The summed E-state index contributed by atoms with van der Waals surface area (Å²) in [5.41, 5.74) is 0. The first-order chi connectivity index (χ1) is 7.56. The van der Waals surface area contributed by atoms with Crippen molar-refractivity contribution in [2.75, 3.05) is 17.7 Å². The minimum absolute atomic E-state index is 0.0234. The lowest BCUT2D eigenvalue weighted by molar-refractivity contribution is -0.115. The van der Waals surface area contributed by atoms with Gasteiger partial charge in [-0.05, 0) is 11.8 Å². The highest BCUT2D eigenvalue weighted by atomic mass is 32.2. The van der Waals surface area contributed by atoms with Crippen LogP contribution in [0, 0.1) is 0 Å². The minimum atomic E-state index is -0.0699. The summed E-state index contributed by atoms with van der Waals surface area (Å²) in [4.78, 5) is 26.4. The van der Waals surface area contributed by atoms with Crippen LogP contribution in [0.1, 0.15) is 20.3 Å². The zero-order chi connectivity index (χ0) is 12.1. The molecule has 0 aliphatic heterocycles. The molecule has 1 heterocycles. The summed E-state index contributed by atoms with van der Waals surface area (Å²) in [5, 5.41) is 6.24. The normalized spacial score (nSPS) is 9.94. The topological polar surface area (TPSA) is 71.1 Å². The lowest BCUT2D eigenvalue weighted by Gasteiger charge is -2.01. The number of amides is 1. The Morgan fingerprint density at radius 1 is 1.50 bits per heavy atom. The second kappa shape index (κ2) is 5.86. The smallest absolute Gasteiger partial charge is 0.224 e. The van der Waals surface area contributed by atoms with Gasteiger partial charge in [-0.1, -0.05) is 18.3 Å². The van der Waals surface area contributed by atoms with Crippen LogP contribution in [0.3, 0.4) is 0 Å². The van der Waals surface area contributed by atoms with E-state index in [0.29, 0.717) is 21.6 Å². The number of nitrogens with zero attached hydrogens (tertiary/aromatic N) is 1. The third kappa shape index (κ3) is 3.49. The summed E-state index contributed by atoms with van der Waals surface area (Å²) in [5.74, 6) is 0.523. The van der Waals surface area contributed by atoms with Crippen LogP contribution in [0.2, 0.25) is 0 Å². The molecular formula is C9H13N3O2S2. The average molecular weight is 259 g/mol. The summed E-state index contributed by atoms with van der Waals surface area (Å²) < 4.78 is 0.628. The summed E-state index contributed by atoms with van der Waals surface area (Å²) in [6.07, 6.45) is 0.413. The first-order valence-corrected chi connectivity index (χ1v) is 6.37. The Balaban J connectivity index is 2.85. The Hall–Kier alpha value is -1.08. The fourth-order valence-electron chi connectivity index (χ4n) is 0.936. The molecule has 1 amide bonds. The average Bonchev–Trinajstić information content (AvgIpc) is 2.59. The van der Waals surface area contributed by atoms with Crippen LogP contribution in [-0.4, -0.2) is 23.1 Å². The molecule has 0 unspecified atom stereocenters. The molecule has 5 nitrogen and oxygen atoms in total. The van der Waals surface area contributed by atoms with Crippen molar-refractivity contribution in [3.63, 3.8) is 0 Å². The highest BCUT2D eigenvalue weighted by molar-refractivity contribution is 8.14. The zero-order valence-electron chi connectivity index (χ0n) is 9.29. The molecule has 0 aliphatic carbocycles. The second-order valence-corrected chi connectivity index (χ2v) is 5.33. The molecule has 1 rings (SSSR count). The third-order valence-corrected chi connectivity index (χ3v) is 3.47. The molecule has 1 aromatic rings. The van der Waals surface area contributed by atoms with Gasteiger partial charge in [0.25, 0.3) is 0 Å². The fourth-order valence-corrected chi connectivity index (χ4v) is 2.81. The van der Waals surface area contributed by atoms with E-state index in [0.717, 1.165) is 11.8 Å². The van der Waals surface area contributed by atoms with Crippen molar-refractivity contribution < 1.29 is 9.59 Å². The van der Waals surface area contributed by atoms with Crippen molar-refractivity contribution in [3.8, 4) is 0 Å². The van der Waals surface area contributed by atoms with Gasteiger partial charge >= 0.3 is 0 Å². The van der Waals surface area contributed by atoms with Crippen LogP contribution >= 0.6 is 23.1 Å². The van der Waals surface area contributed by atoms with Crippen molar-refractivity contribution in [1.82, 2.24) is 4.98 Å². The molecule has 0 aliphatic rings. The van der Waals surface area contributed by atoms with Crippen LogP contribution in [-0.2, 0) is 9.59 Å². The van der Waals surface area contributed by atoms with Gasteiger partial charge in [-0.15, -0.1) is 0 Å². The molecule has 0 radical (unpaired) electrons. The number of aromatic nitrogens is 1. The maximum Gasteiger partial charge on any atom is 0.224 e. The fraction of sp³-hybridized carbons (Fsp3) is 0.444. The van der Waals surface area contributed by atoms with Gasteiger partial charge < -0.3 is 10.6 Å². The number of thioether (sulfide) groups is 1. The first kappa shape index (κ1) is 13.0. The van der Waals surface area contributed by atoms with Gasteiger partial charge in [0.15, 0.2) is 15.3 Å². The number of carbonyl (C=O) groups excluding carboxylic acids is 2. The first-order valence-electron chi connectivity index (χ1n) is 4.73. The maximum absolute atomic E-state index is 11.2. The van der Waals surface area contributed by atoms with E-state index in [9.17, 15) is 9.59 Å². The molecule has 0 spiro atoms. The van der Waals surface area contributed by atoms with Gasteiger partial charge in [-0.2, -0.15) is 0 Å². The van der Waals surface area contributed by atoms with Crippen LogP contribution in [0.4, 0.5) is 10.8 Å². The highest BCUT2D eigenvalue weighted by Gasteiger charge is 2.13. The molecule has 88 valence electrons. The third-order valence-electron chi connectivity index (χ3n) is 1.65. The van der Waals surface area contributed by atoms with Crippen LogP contribution in [0.25, 0.3) is 0 Å². The van der Waals surface area contributed by atoms with Gasteiger partial charge in [0, 0.05) is 20.4 Å². The molecule has 0 fully saturated rings. The number of carbonyl (C=O) groups is 2. The lowest BCUT2D eigenvalue weighted by Crippen LogP contribution is -2.09. The molecule has 0 atom stereocenters. The van der Waals surface area contributed by atoms with Crippen molar-refractivity contribution in [1.29, 1.82) is 0 Å². The molecule has 1 aromatic heterocycles. The Morgan fingerprint density at radius 3 is 2.69 bits per heavy atom. The van der Waals surface area contributed by atoms with Crippen molar-refractivity contribution in [2.45, 2.75) is 24.6 Å². The molecule has 0 saturated carbocycles. The second-order valence-electron chi connectivity index (χ2n) is 2.90. The quantitative estimate of drug-likeness (QED) is 0.811. The monoisotopic (exact) mass is 259 g/mol. The van der Waals surface area contributed by atoms with Crippen molar-refractivity contribution >= 4 is 44.9 Å². The van der Waals surface area contributed by atoms with Crippen LogP contribution in [0.15, 0.2) is 4.34 Å². The van der Waals surface area contributed by atoms with E-state index in [4.69, 9.17) is 0 Å². The van der Waals surface area contributed by atoms with E-state index in [1.165, 1.54) is 18.3 Å². The predicted octanol–water partition coefficient (Wildman–Crippen LogP) is 2.17. The van der Waals surface area contributed by atoms with Gasteiger partial charge in [-0.3, -0.25) is 9.59 Å². The Kier molecular flexibility index (Phi) is 4.75. The molecule has 16 heavy (non-hydrogen) atoms. The molecule has 0 aromatic carbocycles. The van der Waals surface area contributed by atoms with E-state index in [-0.39, 0.29) is 11.0 Å². The van der Waals surface area contributed by atoms with Gasteiger partial charge in [-0.25, -0.2) is 4.98 Å². The summed E-state index contributed by atoms with van der Waals surface area (Å²) >= 11 is 2.35. The Bertz CT molecular complexity index is 403. The molecule has 2 N–H and O–H groups in total. The van der Waals surface area contributed by atoms with Crippen LogP contribution in [0.5, 0.6) is 0 Å². The van der Waals surface area contributed by atoms with E-state index < -0.39 is 0 Å². The number of hydrogen-bond acceptors (Lipinski definition) is 6. The van der Waals surface area contributed by atoms with E-state index in [1.54, 1.807) is 14.0 Å². The molecule has 0 saturated heterocycles. The van der Waals surface area contributed by atoms with Crippen molar-refractivity contribution in [2.24, 2.45) is 0 Å². The summed E-state index contributed by atoms with van der Waals surface area (Å²) in [6.45, 7) is 3.26. The number of rotatable bonds is 4. The van der Waals surface area contributed by atoms with E-state index >= 15 is 0 Å². The number of hydrogen-bond donors (Lipinski definition) is 2. The number of nitrogens with one attached hydrogen (secondary N) is 2. The highest BCUT2D eigenvalue weighted by Crippen LogP contribution is 2.34. The SMILES string of the molecule is CCC(=O)Nc1sc(SC(C)=O)nc1NC. The number of anilines is 2. The largest absolute Gasteiger partial charge is 0.371 e. The molecular weight excluding hydrogens is 246 g/mol. The Morgan fingerprint density at radius 2 is 2.19 bits per heavy atom. The summed E-state index contributed by atoms with van der Waals surface area (Å²) in [6, 6.07) is 0.